The number of aryl methyl sites for hydroxylation is 1. The third kappa shape index (κ3) is 4.48. The molecule has 3 amide bonds. The Morgan fingerprint density at radius 2 is 1.88 bits per heavy atom. The van der Waals surface area contributed by atoms with Crippen LogP contribution in [0.2, 0.25) is 0 Å². The number of carbonyl (C=O) groups is 3. The van der Waals surface area contributed by atoms with Crippen LogP contribution in [0.3, 0.4) is 0 Å². The normalized spacial score (nSPS) is 24.8. The van der Waals surface area contributed by atoms with Gasteiger partial charge in [-0.1, -0.05) is 26.0 Å². The van der Waals surface area contributed by atoms with Gasteiger partial charge in [-0.3, -0.25) is 29.6 Å². The average Bonchev–Trinajstić information content (AvgIpc) is 3.49. The standard InChI is InChI=1S/C29H32N6O5/c1-17-32-33-26(40-17)19-6-4-18(5-7-19)14-34-13-12-29(39,28(2,3)16-34)23-10-8-20-21(30-23)15-35(27(20)38)22-9-11-24(36)31-25(22)37/h4-8,10,22,39H,9,11-16H2,1-3H3,(H,31,36,37). The molecule has 0 aliphatic carbocycles. The largest absolute Gasteiger partial charge is 0.421 e. The molecule has 2 N–H and O–H groups in total. The number of rotatable bonds is 5. The predicted molar refractivity (Wildman–Crippen MR) is 142 cm³/mol. The van der Waals surface area contributed by atoms with Crippen LogP contribution < -0.4 is 5.32 Å². The molecule has 40 heavy (non-hydrogen) atoms. The fraction of sp³-hybridized carbons (Fsp3) is 0.448. The molecular weight excluding hydrogens is 512 g/mol. The van der Waals surface area contributed by atoms with E-state index < -0.39 is 23.0 Å². The maximum Gasteiger partial charge on any atom is 0.256 e. The fourth-order valence-electron chi connectivity index (χ4n) is 6.13. The van der Waals surface area contributed by atoms with Crippen LogP contribution in [0, 0.1) is 12.3 Å². The van der Waals surface area contributed by atoms with Crippen LogP contribution >= 0.6 is 0 Å². The number of likely N-dealkylation sites (tertiary alicyclic amines) is 1. The molecule has 2 saturated heterocycles. The van der Waals surface area contributed by atoms with Gasteiger partial charge in [0, 0.05) is 44.0 Å². The van der Waals surface area contributed by atoms with Gasteiger partial charge in [-0.05, 0) is 42.7 Å². The summed E-state index contributed by atoms with van der Waals surface area (Å²) in [5.74, 6) is -0.0263. The molecule has 0 radical (unpaired) electrons. The number of hydrogen-bond acceptors (Lipinski definition) is 9. The van der Waals surface area contributed by atoms with Gasteiger partial charge in [0.25, 0.3) is 5.91 Å². The molecule has 2 unspecified atom stereocenters. The van der Waals surface area contributed by atoms with E-state index in [9.17, 15) is 19.5 Å². The van der Waals surface area contributed by atoms with Crippen molar-refractivity contribution < 1.29 is 23.9 Å². The number of amides is 3. The van der Waals surface area contributed by atoms with Crippen molar-refractivity contribution in [3.63, 3.8) is 0 Å². The molecule has 5 heterocycles. The van der Waals surface area contributed by atoms with Crippen molar-refractivity contribution in [1.82, 2.24) is 30.3 Å². The fourth-order valence-corrected chi connectivity index (χ4v) is 6.13. The lowest BCUT2D eigenvalue weighted by molar-refractivity contribution is -0.137. The SMILES string of the molecule is Cc1nnc(-c2ccc(CN3CCC(O)(c4ccc5c(n4)CN(C4CCC(=O)NC4=O)C5=O)C(C)(C)C3)cc2)o1. The number of imide groups is 1. The van der Waals surface area contributed by atoms with Crippen molar-refractivity contribution >= 4 is 17.7 Å². The van der Waals surface area contributed by atoms with Crippen molar-refractivity contribution in [3.05, 3.63) is 64.8 Å². The zero-order valence-electron chi connectivity index (χ0n) is 22.8. The monoisotopic (exact) mass is 544 g/mol. The van der Waals surface area contributed by atoms with Gasteiger partial charge in [-0.25, -0.2) is 0 Å². The minimum atomic E-state index is -1.19. The molecule has 208 valence electrons. The van der Waals surface area contributed by atoms with Crippen LogP contribution in [-0.4, -0.2) is 66.9 Å². The van der Waals surface area contributed by atoms with Crippen LogP contribution in [0.4, 0.5) is 0 Å². The third-order valence-corrected chi connectivity index (χ3v) is 8.46. The van der Waals surface area contributed by atoms with Crippen molar-refractivity contribution in [2.45, 2.75) is 64.8 Å². The molecule has 11 nitrogen and oxygen atoms in total. The molecule has 3 aliphatic rings. The number of piperidine rings is 2. The van der Waals surface area contributed by atoms with Gasteiger partial charge < -0.3 is 14.4 Å². The van der Waals surface area contributed by atoms with Gasteiger partial charge >= 0.3 is 0 Å². The first-order chi connectivity index (χ1) is 19.0. The molecule has 0 saturated carbocycles. The van der Waals surface area contributed by atoms with Crippen LogP contribution in [0.1, 0.15) is 66.3 Å². The zero-order valence-corrected chi connectivity index (χ0v) is 22.8. The molecule has 1 aromatic carbocycles. The number of carbonyl (C=O) groups excluding carboxylic acids is 3. The number of aromatic nitrogens is 3. The van der Waals surface area contributed by atoms with Crippen molar-refractivity contribution in [2.75, 3.05) is 13.1 Å². The Bertz CT molecular complexity index is 1500. The second-order valence-corrected chi connectivity index (χ2v) is 11.6. The number of nitrogens with zero attached hydrogens (tertiary/aromatic N) is 5. The summed E-state index contributed by atoms with van der Waals surface area (Å²) in [7, 11) is 0. The lowest BCUT2D eigenvalue weighted by atomic mass is 9.68. The summed E-state index contributed by atoms with van der Waals surface area (Å²) in [6, 6.07) is 10.8. The number of pyridine rings is 1. The quantitative estimate of drug-likeness (QED) is 0.463. The van der Waals surface area contributed by atoms with E-state index in [0.717, 1.165) is 17.7 Å². The van der Waals surface area contributed by atoms with Crippen LogP contribution in [0.15, 0.2) is 40.8 Å². The Labute approximate surface area is 231 Å². The maximum atomic E-state index is 13.1. The van der Waals surface area contributed by atoms with Gasteiger partial charge in [0.2, 0.25) is 23.6 Å². The van der Waals surface area contributed by atoms with E-state index in [4.69, 9.17) is 9.40 Å². The maximum absolute atomic E-state index is 13.1. The Balaban J connectivity index is 1.15. The summed E-state index contributed by atoms with van der Waals surface area (Å²) < 4.78 is 5.51. The summed E-state index contributed by atoms with van der Waals surface area (Å²) >= 11 is 0. The molecule has 3 aliphatic heterocycles. The summed E-state index contributed by atoms with van der Waals surface area (Å²) in [6.45, 7) is 8.06. The second-order valence-electron chi connectivity index (χ2n) is 11.6. The van der Waals surface area contributed by atoms with E-state index >= 15 is 0 Å². The van der Waals surface area contributed by atoms with Gasteiger partial charge in [-0.15, -0.1) is 10.2 Å². The Kier molecular flexibility index (Phi) is 6.30. The number of benzene rings is 1. The first-order valence-electron chi connectivity index (χ1n) is 13.5. The second kappa shape index (κ2) is 9.60. The molecule has 6 rings (SSSR count). The number of hydrogen-bond donors (Lipinski definition) is 2. The highest BCUT2D eigenvalue weighted by atomic mass is 16.4. The number of nitrogens with one attached hydrogen (secondary N) is 1. The molecule has 0 bridgehead atoms. The third-order valence-electron chi connectivity index (χ3n) is 8.46. The molecule has 2 fully saturated rings. The van der Waals surface area contributed by atoms with E-state index in [1.54, 1.807) is 19.1 Å². The van der Waals surface area contributed by atoms with Gasteiger partial charge in [0.1, 0.15) is 11.6 Å². The Hall–Kier alpha value is -3.96. The molecular formula is C29H32N6O5. The molecule has 0 spiro atoms. The van der Waals surface area contributed by atoms with Crippen molar-refractivity contribution in [2.24, 2.45) is 5.41 Å². The van der Waals surface area contributed by atoms with Gasteiger partial charge in [-0.2, -0.15) is 0 Å². The topological polar surface area (TPSA) is 142 Å². The Morgan fingerprint density at radius 3 is 2.55 bits per heavy atom. The average molecular weight is 545 g/mol. The summed E-state index contributed by atoms with van der Waals surface area (Å²) in [5, 5.41) is 22.3. The molecule has 2 atom stereocenters. The van der Waals surface area contributed by atoms with Crippen LogP contribution in [0.5, 0.6) is 0 Å². The predicted octanol–water partition coefficient (Wildman–Crippen LogP) is 2.32. The van der Waals surface area contributed by atoms with Crippen LogP contribution in [0.25, 0.3) is 11.5 Å². The smallest absolute Gasteiger partial charge is 0.256 e. The minimum Gasteiger partial charge on any atom is -0.421 e. The first-order valence-corrected chi connectivity index (χ1v) is 13.5. The van der Waals surface area contributed by atoms with Crippen LogP contribution in [-0.2, 0) is 28.3 Å². The number of aliphatic hydroxyl groups is 1. The van der Waals surface area contributed by atoms with Gasteiger partial charge in [0.15, 0.2) is 0 Å². The zero-order chi connectivity index (χ0) is 28.2. The lowest BCUT2D eigenvalue weighted by Crippen LogP contribution is -2.55. The van der Waals surface area contributed by atoms with E-state index in [-0.39, 0.29) is 24.8 Å². The number of fused-ring (bicyclic) bond motifs is 1. The Morgan fingerprint density at radius 1 is 1.10 bits per heavy atom. The molecule has 2 aromatic heterocycles. The summed E-state index contributed by atoms with van der Waals surface area (Å²) in [6.07, 6.45) is 0.974. The van der Waals surface area contributed by atoms with Gasteiger partial charge in [0.05, 0.1) is 23.5 Å². The minimum absolute atomic E-state index is 0.177. The van der Waals surface area contributed by atoms with Crippen molar-refractivity contribution in [3.8, 4) is 11.5 Å². The van der Waals surface area contributed by atoms with E-state index in [2.05, 4.69) is 32.5 Å². The highest BCUT2D eigenvalue weighted by molar-refractivity contribution is 6.05. The van der Waals surface area contributed by atoms with Crippen molar-refractivity contribution in [1.29, 1.82) is 0 Å². The lowest BCUT2D eigenvalue weighted by Gasteiger charge is -2.50. The first kappa shape index (κ1) is 26.3. The molecule has 3 aromatic rings. The summed E-state index contributed by atoms with van der Waals surface area (Å²) in [4.78, 5) is 45.6. The summed E-state index contributed by atoms with van der Waals surface area (Å²) in [5.41, 5.74) is 1.82. The van der Waals surface area contributed by atoms with E-state index in [1.807, 2.05) is 26.0 Å². The highest BCUT2D eigenvalue weighted by Crippen LogP contribution is 2.46. The highest BCUT2D eigenvalue weighted by Gasteiger charge is 2.50. The molecule has 11 heteroatoms. The van der Waals surface area contributed by atoms with E-state index in [0.29, 0.717) is 54.7 Å². The van der Waals surface area contributed by atoms with E-state index in [1.165, 1.54) is 4.90 Å².